The fraction of sp³-hybridized carbons (Fsp3) is 0.333. The van der Waals surface area contributed by atoms with Crippen LogP contribution in [-0.2, 0) is 6.54 Å². The minimum atomic E-state index is -0.0432. The summed E-state index contributed by atoms with van der Waals surface area (Å²) in [6, 6.07) is 15.1. The van der Waals surface area contributed by atoms with Gasteiger partial charge in [0.25, 0.3) is 0 Å². The third-order valence-electron chi connectivity index (χ3n) is 4.36. The number of ether oxygens (including phenoxy) is 1. The molecule has 0 radical (unpaired) electrons. The molecule has 3 rings (SSSR count). The molecule has 25 heavy (non-hydrogen) atoms. The lowest BCUT2D eigenvalue weighted by atomic mass is 10.1. The van der Waals surface area contributed by atoms with Gasteiger partial charge in [0.05, 0.1) is 12.6 Å². The molecule has 130 valence electrons. The van der Waals surface area contributed by atoms with Crippen molar-refractivity contribution < 1.29 is 9.53 Å². The zero-order valence-corrected chi connectivity index (χ0v) is 15.0. The van der Waals surface area contributed by atoms with Gasteiger partial charge in [-0.05, 0) is 30.9 Å². The number of aromatic nitrogens is 2. The third-order valence-corrected chi connectivity index (χ3v) is 4.36. The van der Waals surface area contributed by atoms with Crippen molar-refractivity contribution in [3.05, 3.63) is 59.8 Å². The molecule has 1 aromatic heterocycles. The lowest BCUT2D eigenvalue weighted by Gasteiger charge is -2.06. The van der Waals surface area contributed by atoms with Crippen molar-refractivity contribution in [3.8, 4) is 5.75 Å². The Bertz CT molecular complexity index is 866. The summed E-state index contributed by atoms with van der Waals surface area (Å²) in [4.78, 5) is 12.9. The van der Waals surface area contributed by atoms with Crippen LogP contribution in [-0.4, -0.2) is 22.7 Å². The van der Waals surface area contributed by atoms with Crippen molar-refractivity contribution >= 4 is 16.7 Å². The number of fused-ring (bicyclic) bond motifs is 1. The van der Waals surface area contributed by atoms with Crippen LogP contribution in [0.25, 0.3) is 10.9 Å². The zero-order valence-electron chi connectivity index (χ0n) is 15.0. The van der Waals surface area contributed by atoms with Crippen LogP contribution in [0, 0.1) is 5.92 Å². The highest BCUT2D eigenvalue weighted by molar-refractivity contribution is 6.14. The number of benzene rings is 2. The van der Waals surface area contributed by atoms with Gasteiger partial charge in [0.2, 0.25) is 5.78 Å². The first-order valence-electron chi connectivity index (χ1n) is 8.74. The maximum Gasteiger partial charge on any atom is 0.213 e. The Morgan fingerprint density at radius 1 is 1.16 bits per heavy atom. The highest BCUT2D eigenvalue weighted by atomic mass is 16.5. The Morgan fingerprint density at radius 3 is 2.60 bits per heavy atom. The van der Waals surface area contributed by atoms with Crippen LogP contribution in [0.1, 0.15) is 42.7 Å². The van der Waals surface area contributed by atoms with E-state index >= 15 is 0 Å². The second-order valence-corrected chi connectivity index (χ2v) is 6.69. The van der Waals surface area contributed by atoms with Crippen LogP contribution >= 0.6 is 0 Å². The molecule has 4 heteroatoms. The molecule has 0 bridgehead atoms. The number of hydrogen-bond acceptors (Lipinski definition) is 3. The average molecular weight is 336 g/mol. The van der Waals surface area contributed by atoms with Crippen molar-refractivity contribution in [2.75, 3.05) is 7.11 Å². The molecule has 0 atom stereocenters. The minimum absolute atomic E-state index is 0.0432. The van der Waals surface area contributed by atoms with Crippen molar-refractivity contribution in [2.24, 2.45) is 5.92 Å². The van der Waals surface area contributed by atoms with Gasteiger partial charge in [-0.2, -0.15) is 5.10 Å². The van der Waals surface area contributed by atoms with Gasteiger partial charge in [-0.3, -0.25) is 9.48 Å². The van der Waals surface area contributed by atoms with Crippen LogP contribution < -0.4 is 4.74 Å². The molecule has 4 nitrogen and oxygen atoms in total. The number of hydrogen-bond donors (Lipinski definition) is 0. The molecule has 0 fully saturated rings. The number of aryl methyl sites for hydroxylation is 1. The van der Waals surface area contributed by atoms with Crippen molar-refractivity contribution in [1.82, 2.24) is 9.78 Å². The van der Waals surface area contributed by atoms with E-state index in [1.807, 2.05) is 53.2 Å². The molecular weight excluding hydrogens is 312 g/mol. The highest BCUT2D eigenvalue weighted by Gasteiger charge is 2.19. The highest BCUT2D eigenvalue weighted by Crippen LogP contribution is 2.26. The van der Waals surface area contributed by atoms with Crippen LogP contribution in [0.4, 0.5) is 0 Å². The largest absolute Gasteiger partial charge is 0.497 e. The van der Waals surface area contributed by atoms with Crippen molar-refractivity contribution in [2.45, 2.75) is 33.2 Å². The Labute approximate surface area is 148 Å². The number of rotatable bonds is 7. The van der Waals surface area contributed by atoms with Crippen molar-refractivity contribution in [1.29, 1.82) is 0 Å². The molecule has 0 saturated heterocycles. The zero-order chi connectivity index (χ0) is 17.8. The Balaban J connectivity index is 2.02. The summed E-state index contributed by atoms with van der Waals surface area (Å²) in [5.74, 6) is 1.39. The molecule has 0 unspecified atom stereocenters. The molecule has 0 saturated carbocycles. The molecule has 0 aliphatic rings. The van der Waals surface area contributed by atoms with Gasteiger partial charge in [-0.15, -0.1) is 0 Å². The lowest BCUT2D eigenvalue weighted by molar-refractivity contribution is 0.103. The van der Waals surface area contributed by atoms with Gasteiger partial charge in [-0.25, -0.2) is 0 Å². The van der Waals surface area contributed by atoms with Crippen LogP contribution in [0.3, 0.4) is 0 Å². The smallest absolute Gasteiger partial charge is 0.213 e. The van der Waals surface area contributed by atoms with E-state index in [-0.39, 0.29) is 5.78 Å². The summed E-state index contributed by atoms with van der Waals surface area (Å²) in [5, 5.41) is 5.52. The van der Waals surface area contributed by atoms with Gasteiger partial charge in [0.1, 0.15) is 11.4 Å². The predicted octanol–water partition coefficient (Wildman–Crippen LogP) is 4.71. The maximum absolute atomic E-state index is 12.9. The molecule has 3 aromatic rings. The fourth-order valence-electron chi connectivity index (χ4n) is 2.99. The quantitative estimate of drug-likeness (QED) is 0.587. The Kier molecular flexibility index (Phi) is 5.17. The SMILES string of the molecule is COc1ccc2c(C(=O)c3ccccc3)nn(CCCC(C)C)c2c1. The van der Waals surface area contributed by atoms with Crippen molar-refractivity contribution in [3.63, 3.8) is 0 Å². The molecule has 1 heterocycles. The molecule has 2 aromatic carbocycles. The van der Waals surface area contributed by atoms with E-state index in [9.17, 15) is 4.79 Å². The first kappa shape index (κ1) is 17.2. The monoisotopic (exact) mass is 336 g/mol. The van der Waals surface area contributed by atoms with Crippen LogP contribution in [0.5, 0.6) is 5.75 Å². The standard InChI is InChI=1S/C21H24N2O2/c1-15(2)8-7-13-23-19-14-17(25-3)11-12-18(19)20(22-23)21(24)16-9-5-4-6-10-16/h4-6,9-12,14-15H,7-8,13H2,1-3H3. The fourth-order valence-corrected chi connectivity index (χ4v) is 2.99. The van der Waals surface area contributed by atoms with E-state index in [0.29, 0.717) is 17.2 Å². The molecule has 0 amide bonds. The molecule has 0 spiro atoms. The number of nitrogens with zero attached hydrogens (tertiary/aromatic N) is 2. The lowest BCUT2D eigenvalue weighted by Crippen LogP contribution is -2.06. The summed E-state index contributed by atoms with van der Waals surface area (Å²) in [6.45, 7) is 5.23. The average Bonchev–Trinajstić information content (AvgIpc) is 2.99. The van der Waals surface area contributed by atoms with E-state index in [1.165, 1.54) is 0 Å². The topological polar surface area (TPSA) is 44.1 Å². The minimum Gasteiger partial charge on any atom is -0.497 e. The normalized spacial score (nSPS) is 11.2. The van der Waals surface area contributed by atoms with E-state index in [0.717, 1.165) is 36.0 Å². The van der Waals surface area contributed by atoms with E-state index in [4.69, 9.17) is 4.74 Å². The summed E-state index contributed by atoms with van der Waals surface area (Å²) < 4.78 is 7.29. The number of carbonyl (C=O) groups is 1. The summed E-state index contributed by atoms with van der Waals surface area (Å²) >= 11 is 0. The summed E-state index contributed by atoms with van der Waals surface area (Å²) in [6.07, 6.45) is 2.16. The first-order chi connectivity index (χ1) is 12.1. The van der Waals surface area contributed by atoms with Crippen LogP contribution in [0.15, 0.2) is 48.5 Å². The van der Waals surface area contributed by atoms with Gasteiger partial charge in [-0.1, -0.05) is 44.2 Å². The molecular formula is C21H24N2O2. The summed E-state index contributed by atoms with van der Waals surface area (Å²) in [7, 11) is 1.65. The molecule has 0 aliphatic heterocycles. The Morgan fingerprint density at radius 2 is 1.92 bits per heavy atom. The second kappa shape index (κ2) is 7.51. The van der Waals surface area contributed by atoms with E-state index in [2.05, 4.69) is 18.9 Å². The Hall–Kier alpha value is -2.62. The van der Waals surface area contributed by atoms with Gasteiger partial charge < -0.3 is 4.74 Å². The van der Waals surface area contributed by atoms with Gasteiger partial charge >= 0.3 is 0 Å². The predicted molar refractivity (Wildman–Crippen MR) is 100 cm³/mol. The molecule has 0 aliphatic carbocycles. The number of carbonyl (C=O) groups excluding carboxylic acids is 1. The second-order valence-electron chi connectivity index (χ2n) is 6.69. The van der Waals surface area contributed by atoms with Gasteiger partial charge in [0, 0.05) is 23.6 Å². The maximum atomic E-state index is 12.9. The van der Waals surface area contributed by atoms with Crippen LogP contribution in [0.2, 0.25) is 0 Å². The van der Waals surface area contributed by atoms with E-state index in [1.54, 1.807) is 7.11 Å². The number of ketones is 1. The number of methoxy groups -OCH3 is 1. The first-order valence-corrected chi connectivity index (χ1v) is 8.74. The summed E-state index contributed by atoms with van der Waals surface area (Å²) in [5.41, 5.74) is 2.11. The molecule has 0 N–H and O–H groups in total. The third kappa shape index (κ3) is 3.73. The van der Waals surface area contributed by atoms with E-state index < -0.39 is 0 Å². The van der Waals surface area contributed by atoms with Gasteiger partial charge in [0.15, 0.2) is 0 Å².